The maximum Gasteiger partial charge on any atom is 0.332 e. The van der Waals surface area contributed by atoms with Crippen LogP contribution in [0.4, 0.5) is 0 Å². The molecule has 0 saturated carbocycles. The van der Waals surface area contributed by atoms with Gasteiger partial charge in [0.25, 0.3) is 0 Å². The molecule has 1 amide bonds. The third-order valence-electron chi connectivity index (χ3n) is 5.26. The van der Waals surface area contributed by atoms with Crippen molar-refractivity contribution in [2.75, 3.05) is 39.3 Å². The Bertz CT molecular complexity index is 726. The Morgan fingerprint density at radius 3 is 1.33 bits per heavy atom. The summed E-state index contributed by atoms with van der Waals surface area (Å²) < 4.78 is 4.76. The van der Waals surface area contributed by atoms with Crippen LogP contribution in [-0.4, -0.2) is 61.9 Å². The molecule has 0 bridgehead atoms. The van der Waals surface area contributed by atoms with Gasteiger partial charge in [-0.1, -0.05) is 40.0 Å². The number of unbranched alkanes of at least 4 members (excludes halogenated alkanes) is 3. The van der Waals surface area contributed by atoms with Gasteiger partial charge in [0.1, 0.15) is 0 Å². The molecule has 0 aliphatic carbocycles. The van der Waals surface area contributed by atoms with Crippen LogP contribution >= 0.6 is 0 Å². The second kappa shape index (κ2) is 29.8. The largest absolute Gasteiger partial charge is 0.463 e. The van der Waals surface area contributed by atoms with E-state index in [1.165, 1.54) is 18.9 Å². The summed E-state index contributed by atoms with van der Waals surface area (Å²) in [6.07, 6.45) is 11.7. The van der Waals surface area contributed by atoms with Gasteiger partial charge in [-0.3, -0.25) is 9.59 Å². The third kappa shape index (κ3) is 31.3. The van der Waals surface area contributed by atoms with Crippen molar-refractivity contribution in [2.24, 2.45) is 0 Å². The van der Waals surface area contributed by atoms with Crippen molar-refractivity contribution in [2.45, 2.75) is 108 Å². The van der Waals surface area contributed by atoms with Crippen LogP contribution in [-0.2, 0) is 19.1 Å². The van der Waals surface area contributed by atoms with Crippen molar-refractivity contribution in [1.29, 1.82) is 0 Å². The highest BCUT2D eigenvalue weighted by Crippen LogP contribution is 1.95. The van der Waals surface area contributed by atoms with Crippen molar-refractivity contribution in [1.82, 2.24) is 20.9 Å². The van der Waals surface area contributed by atoms with Crippen molar-refractivity contribution >= 4 is 17.7 Å². The first kappa shape index (κ1) is 40.7. The van der Waals surface area contributed by atoms with Crippen LogP contribution in [0.25, 0.3) is 0 Å². The molecule has 228 valence electrons. The van der Waals surface area contributed by atoms with Gasteiger partial charge >= 0.3 is 5.97 Å². The molecule has 0 fully saturated rings. The molecule has 39 heavy (non-hydrogen) atoms. The lowest BCUT2D eigenvalue weighted by Crippen LogP contribution is -2.29. The standard InChI is InChI=1S/C12H24N2O.C10H19NO2.C9H17NO/c1-5-8-9-13-11(4)10-12(15)14(6-2)7-3;1-4-6-7-11-9(3)8-10(12)13-5-2;1-4-5-6-10-8(2)7-9(3)11/h10,13H,5-9H2,1-4H3;8,11H,4-7H2,1-3H3;7,10H,4-6H2,1-3H3/b11-10-;9-8-;8-7-. The van der Waals surface area contributed by atoms with Crippen LogP contribution in [0, 0.1) is 0 Å². The number of allylic oxidation sites excluding steroid dienone is 4. The van der Waals surface area contributed by atoms with Crippen LogP contribution in [0.5, 0.6) is 0 Å². The van der Waals surface area contributed by atoms with Crippen molar-refractivity contribution < 1.29 is 19.1 Å². The van der Waals surface area contributed by atoms with Crippen LogP contribution in [0.15, 0.2) is 35.3 Å². The second-order valence-electron chi connectivity index (χ2n) is 9.20. The van der Waals surface area contributed by atoms with Gasteiger partial charge in [0.2, 0.25) is 5.91 Å². The highest BCUT2D eigenvalue weighted by molar-refractivity contribution is 5.88. The van der Waals surface area contributed by atoms with Crippen molar-refractivity contribution in [3.63, 3.8) is 0 Å². The van der Waals surface area contributed by atoms with E-state index >= 15 is 0 Å². The Morgan fingerprint density at radius 1 is 0.615 bits per heavy atom. The van der Waals surface area contributed by atoms with Gasteiger partial charge in [-0.25, -0.2) is 4.79 Å². The molecule has 0 rings (SSSR count). The van der Waals surface area contributed by atoms with Gasteiger partial charge in [-0.05, 0) is 73.8 Å². The first-order valence-electron chi connectivity index (χ1n) is 14.7. The minimum Gasteiger partial charge on any atom is -0.463 e. The topological polar surface area (TPSA) is 99.8 Å². The van der Waals surface area contributed by atoms with Gasteiger partial charge in [-0.15, -0.1) is 0 Å². The number of esters is 1. The smallest absolute Gasteiger partial charge is 0.332 e. The molecule has 0 aromatic rings. The van der Waals surface area contributed by atoms with E-state index in [0.717, 1.165) is 75.5 Å². The molecule has 0 aliphatic rings. The van der Waals surface area contributed by atoms with Crippen LogP contribution in [0.1, 0.15) is 108 Å². The number of nitrogens with one attached hydrogen (secondary N) is 3. The zero-order chi connectivity index (χ0) is 30.5. The molecule has 0 aromatic carbocycles. The summed E-state index contributed by atoms with van der Waals surface area (Å²) in [7, 11) is 0. The summed E-state index contributed by atoms with van der Waals surface area (Å²) >= 11 is 0. The van der Waals surface area contributed by atoms with Crippen molar-refractivity contribution in [3.05, 3.63) is 35.3 Å². The summed E-state index contributed by atoms with van der Waals surface area (Å²) in [5, 5.41) is 9.52. The van der Waals surface area contributed by atoms with Crippen molar-refractivity contribution in [3.8, 4) is 0 Å². The van der Waals surface area contributed by atoms with Gasteiger partial charge in [0, 0.05) is 62.0 Å². The predicted octanol–water partition coefficient (Wildman–Crippen LogP) is 5.86. The van der Waals surface area contributed by atoms with Crippen LogP contribution in [0.2, 0.25) is 0 Å². The average Bonchev–Trinajstić information content (AvgIpc) is 2.85. The summed E-state index contributed by atoms with van der Waals surface area (Å²) in [5.41, 5.74) is 2.79. The molecule has 0 unspecified atom stereocenters. The molecule has 0 radical (unpaired) electrons. The quantitative estimate of drug-likeness (QED) is 0.111. The van der Waals surface area contributed by atoms with Gasteiger partial charge in [0.05, 0.1) is 6.61 Å². The van der Waals surface area contributed by atoms with E-state index in [2.05, 4.69) is 36.7 Å². The number of amides is 1. The fraction of sp³-hybridized carbons (Fsp3) is 0.710. The number of nitrogens with zero attached hydrogens (tertiary/aromatic N) is 1. The number of ketones is 1. The first-order chi connectivity index (χ1) is 18.5. The molecular formula is C31H60N4O4. The molecule has 8 nitrogen and oxygen atoms in total. The van der Waals surface area contributed by atoms with Gasteiger partial charge in [0.15, 0.2) is 5.78 Å². The Morgan fingerprint density at radius 2 is 1.00 bits per heavy atom. The highest BCUT2D eigenvalue weighted by Gasteiger charge is 2.05. The lowest BCUT2D eigenvalue weighted by Gasteiger charge is -2.17. The molecule has 0 saturated heterocycles. The Hall–Kier alpha value is -2.77. The van der Waals surface area contributed by atoms with E-state index in [1.54, 1.807) is 26.0 Å². The maximum atomic E-state index is 11.7. The lowest BCUT2D eigenvalue weighted by atomic mass is 10.3. The van der Waals surface area contributed by atoms with E-state index in [0.29, 0.717) is 6.61 Å². The molecule has 0 aromatic heterocycles. The minimum atomic E-state index is -0.274. The number of hydrogen-bond acceptors (Lipinski definition) is 7. The van der Waals surface area contributed by atoms with E-state index in [9.17, 15) is 14.4 Å². The summed E-state index contributed by atoms with van der Waals surface area (Å²) in [6.45, 7) is 24.3. The Labute approximate surface area is 240 Å². The number of hydrogen-bond donors (Lipinski definition) is 3. The molecule has 8 heteroatoms. The third-order valence-corrected chi connectivity index (χ3v) is 5.26. The number of rotatable bonds is 18. The highest BCUT2D eigenvalue weighted by atomic mass is 16.5. The summed E-state index contributed by atoms with van der Waals surface area (Å²) in [4.78, 5) is 35.0. The fourth-order valence-corrected chi connectivity index (χ4v) is 3.02. The summed E-state index contributed by atoms with van der Waals surface area (Å²) in [5.74, 6) is -0.0722. The molecule has 3 N–H and O–H groups in total. The molecule has 0 atom stereocenters. The SMILES string of the molecule is CCCCN/C(C)=C\C(=O)N(CC)CC.CCCCN/C(C)=C\C(=O)OCC.CCCCN/C(C)=C\C(C)=O. The number of ether oxygens (including phenoxy) is 1. The number of carbonyl (C=O) groups excluding carboxylic acids is 3. The molecule has 0 spiro atoms. The normalized spacial score (nSPS) is 11.3. The number of likely N-dealkylation sites (N-methyl/N-ethyl adjacent to an activating group) is 1. The minimum absolute atomic E-state index is 0.0986. The molecule has 0 heterocycles. The Kier molecular flexibility index (Phi) is 31.1. The number of carbonyl (C=O) groups is 3. The van der Waals surface area contributed by atoms with Crippen LogP contribution in [0.3, 0.4) is 0 Å². The van der Waals surface area contributed by atoms with Gasteiger partial charge < -0.3 is 25.6 Å². The first-order valence-corrected chi connectivity index (χ1v) is 14.7. The zero-order valence-electron chi connectivity index (χ0n) is 26.8. The summed E-state index contributed by atoms with van der Waals surface area (Å²) in [6, 6.07) is 0. The van der Waals surface area contributed by atoms with Crippen LogP contribution < -0.4 is 16.0 Å². The lowest BCUT2D eigenvalue weighted by molar-refractivity contribution is -0.137. The molecule has 0 aliphatic heterocycles. The van der Waals surface area contributed by atoms with E-state index < -0.39 is 0 Å². The maximum absolute atomic E-state index is 11.7. The molecular weight excluding hydrogens is 492 g/mol. The fourth-order valence-electron chi connectivity index (χ4n) is 3.02. The second-order valence-corrected chi connectivity index (χ2v) is 9.20. The van der Waals surface area contributed by atoms with E-state index in [-0.39, 0.29) is 17.7 Å². The van der Waals surface area contributed by atoms with E-state index in [1.807, 2.05) is 39.5 Å². The average molecular weight is 553 g/mol. The van der Waals surface area contributed by atoms with Gasteiger partial charge in [-0.2, -0.15) is 0 Å². The Balaban J connectivity index is -0.000000505. The van der Waals surface area contributed by atoms with E-state index in [4.69, 9.17) is 4.74 Å². The predicted molar refractivity (Wildman–Crippen MR) is 165 cm³/mol. The monoisotopic (exact) mass is 552 g/mol. The zero-order valence-corrected chi connectivity index (χ0v) is 26.8.